The molecule has 140 valence electrons. The van der Waals surface area contributed by atoms with Gasteiger partial charge in [-0.3, -0.25) is 9.79 Å². The maximum Gasteiger partial charge on any atom is 0.309 e. The van der Waals surface area contributed by atoms with Crippen LogP contribution in [0.25, 0.3) is 0 Å². The minimum atomic E-state index is -0.278. The van der Waals surface area contributed by atoms with Gasteiger partial charge in [0, 0.05) is 26.7 Å². The highest BCUT2D eigenvalue weighted by Gasteiger charge is 2.27. The van der Waals surface area contributed by atoms with Gasteiger partial charge < -0.3 is 15.0 Å². The predicted molar refractivity (Wildman–Crippen MR) is 111 cm³/mol. The number of hydrogen-bond acceptors (Lipinski definition) is 3. The standard InChI is InChI=1S/C17H23BrFN3O2.HI/c1-3-24-16(23)13-6-8-22(9-7-13)17(20-2)21-11-12-4-5-14(18)15(19)10-12;/h4-5,10,13H,3,6-9,11H2,1-2H3,(H,20,21);1H. The first kappa shape index (κ1) is 22.1. The van der Waals surface area contributed by atoms with E-state index in [1.807, 2.05) is 13.0 Å². The molecule has 0 amide bonds. The number of carbonyl (C=O) groups is 1. The fourth-order valence-corrected chi connectivity index (χ4v) is 3.00. The van der Waals surface area contributed by atoms with Crippen molar-refractivity contribution in [3.05, 3.63) is 34.1 Å². The van der Waals surface area contributed by atoms with E-state index in [0.29, 0.717) is 17.6 Å². The van der Waals surface area contributed by atoms with Crippen LogP contribution in [0.3, 0.4) is 0 Å². The number of likely N-dealkylation sites (tertiary alicyclic amines) is 1. The van der Waals surface area contributed by atoms with Crippen LogP contribution in [-0.4, -0.2) is 43.6 Å². The number of nitrogens with one attached hydrogen (secondary N) is 1. The fraction of sp³-hybridized carbons (Fsp3) is 0.529. The first-order valence-electron chi connectivity index (χ1n) is 8.11. The van der Waals surface area contributed by atoms with Crippen molar-refractivity contribution in [2.75, 3.05) is 26.7 Å². The third-order valence-corrected chi connectivity index (χ3v) is 4.70. The number of hydrogen-bond donors (Lipinski definition) is 1. The molecular weight excluding hydrogens is 504 g/mol. The van der Waals surface area contributed by atoms with Gasteiger partial charge in [-0.1, -0.05) is 6.07 Å². The van der Waals surface area contributed by atoms with E-state index in [0.717, 1.165) is 37.5 Å². The molecule has 1 aromatic carbocycles. The lowest BCUT2D eigenvalue weighted by Gasteiger charge is -2.33. The molecular formula is C17H24BrFIN3O2. The van der Waals surface area contributed by atoms with Crippen molar-refractivity contribution in [1.82, 2.24) is 10.2 Å². The SMILES string of the molecule is CCOC(=O)C1CCN(C(=NC)NCc2ccc(Br)c(F)c2)CC1.I. The number of piperidine rings is 1. The summed E-state index contributed by atoms with van der Waals surface area (Å²) in [5, 5.41) is 3.25. The van der Waals surface area contributed by atoms with Gasteiger partial charge in [0.05, 0.1) is 17.0 Å². The largest absolute Gasteiger partial charge is 0.466 e. The molecule has 1 heterocycles. The summed E-state index contributed by atoms with van der Waals surface area (Å²) in [4.78, 5) is 18.2. The Morgan fingerprint density at radius 1 is 1.44 bits per heavy atom. The lowest BCUT2D eigenvalue weighted by molar-refractivity contribution is -0.149. The summed E-state index contributed by atoms with van der Waals surface area (Å²) in [6, 6.07) is 5.05. The molecule has 0 bridgehead atoms. The van der Waals surface area contributed by atoms with Crippen LogP contribution in [0.1, 0.15) is 25.3 Å². The highest BCUT2D eigenvalue weighted by Crippen LogP contribution is 2.19. The predicted octanol–water partition coefficient (Wildman–Crippen LogP) is 3.56. The molecule has 1 aromatic rings. The number of ether oxygens (including phenoxy) is 1. The Morgan fingerprint density at radius 3 is 2.68 bits per heavy atom. The topological polar surface area (TPSA) is 53.9 Å². The lowest BCUT2D eigenvalue weighted by atomic mass is 9.97. The number of guanidine groups is 1. The molecule has 0 saturated carbocycles. The molecule has 0 aliphatic carbocycles. The summed E-state index contributed by atoms with van der Waals surface area (Å²) in [7, 11) is 1.72. The maximum atomic E-state index is 13.6. The van der Waals surface area contributed by atoms with Gasteiger partial charge in [-0.05, 0) is 53.4 Å². The number of carbonyl (C=O) groups excluding carboxylic acids is 1. The molecule has 1 aliphatic rings. The number of esters is 1. The van der Waals surface area contributed by atoms with Gasteiger partial charge in [0.1, 0.15) is 5.82 Å². The van der Waals surface area contributed by atoms with Crippen LogP contribution in [-0.2, 0) is 16.1 Å². The molecule has 1 aliphatic heterocycles. The second kappa shape index (κ2) is 10.9. The van der Waals surface area contributed by atoms with Crippen LogP contribution in [0.5, 0.6) is 0 Å². The van der Waals surface area contributed by atoms with E-state index in [2.05, 4.69) is 31.1 Å². The van der Waals surface area contributed by atoms with Gasteiger partial charge in [0.2, 0.25) is 0 Å². The van der Waals surface area contributed by atoms with Gasteiger partial charge in [-0.15, -0.1) is 24.0 Å². The van der Waals surface area contributed by atoms with E-state index in [1.54, 1.807) is 13.1 Å². The summed E-state index contributed by atoms with van der Waals surface area (Å²) >= 11 is 3.15. The van der Waals surface area contributed by atoms with Crippen LogP contribution in [0, 0.1) is 11.7 Å². The van der Waals surface area contributed by atoms with Crippen molar-refractivity contribution in [3.8, 4) is 0 Å². The van der Waals surface area contributed by atoms with Crippen LogP contribution in [0.2, 0.25) is 0 Å². The fourth-order valence-electron chi connectivity index (χ4n) is 2.75. The summed E-state index contributed by atoms with van der Waals surface area (Å²) in [6.45, 7) is 4.24. The molecule has 8 heteroatoms. The summed E-state index contributed by atoms with van der Waals surface area (Å²) in [6.07, 6.45) is 1.51. The minimum absolute atomic E-state index is 0. The van der Waals surface area contributed by atoms with E-state index in [4.69, 9.17) is 4.74 Å². The van der Waals surface area contributed by atoms with Crippen molar-refractivity contribution in [1.29, 1.82) is 0 Å². The van der Waals surface area contributed by atoms with Crippen molar-refractivity contribution < 1.29 is 13.9 Å². The molecule has 0 spiro atoms. The van der Waals surface area contributed by atoms with E-state index in [1.165, 1.54) is 6.07 Å². The number of halogens is 3. The molecule has 5 nitrogen and oxygen atoms in total. The monoisotopic (exact) mass is 527 g/mol. The van der Waals surface area contributed by atoms with Gasteiger partial charge in [0.25, 0.3) is 0 Å². The Morgan fingerprint density at radius 2 is 2.12 bits per heavy atom. The number of aliphatic imine (C=N–C) groups is 1. The highest BCUT2D eigenvalue weighted by atomic mass is 127. The molecule has 2 rings (SSSR count). The van der Waals surface area contributed by atoms with Crippen molar-refractivity contribution in [2.24, 2.45) is 10.9 Å². The highest BCUT2D eigenvalue weighted by molar-refractivity contribution is 14.0. The quantitative estimate of drug-likeness (QED) is 0.281. The number of rotatable bonds is 4. The van der Waals surface area contributed by atoms with Gasteiger partial charge in [0.15, 0.2) is 5.96 Å². The lowest BCUT2D eigenvalue weighted by Crippen LogP contribution is -2.46. The second-order valence-electron chi connectivity index (χ2n) is 5.66. The van der Waals surface area contributed by atoms with Crippen LogP contribution in [0.15, 0.2) is 27.7 Å². The molecule has 0 atom stereocenters. The van der Waals surface area contributed by atoms with Crippen molar-refractivity contribution >= 4 is 51.8 Å². The number of benzene rings is 1. The zero-order valence-electron chi connectivity index (χ0n) is 14.4. The number of nitrogens with zero attached hydrogens (tertiary/aromatic N) is 2. The Hall–Kier alpha value is -0.900. The molecule has 0 unspecified atom stereocenters. The summed E-state index contributed by atoms with van der Waals surface area (Å²) < 4.78 is 19.1. The van der Waals surface area contributed by atoms with E-state index >= 15 is 0 Å². The van der Waals surface area contributed by atoms with Gasteiger partial charge in [-0.25, -0.2) is 4.39 Å². The zero-order chi connectivity index (χ0) is 17.5. The van der Waals surface area contributed by atoms with E-state index < -0.39 is 0 Å². The zero-order valence-corrected chi connectivity index (χ0v) is 18.3. The van der Waals surface area contributed by atoms with E-state index in [9.17, 15) is 9.18 Å². The first-order valence-corrected chi connectivity index (χ1v) is 8.90. The average molecular weight is 528 g/mol. The molecule has 0 radical (unpaired) electrons. The molecule has 0 aromatic heterocycles. The third kappa shape index (κ3) is 6.40. The van der Waals surface area contributed by atoms with E-state index in [-0.39, 0.29) is 41.7 Å². The minimum Gasteiger partial charge on any atom is -0.466 e. The van der Waals surface area contributed by atoms with Gasteiger partial charge in [-0.2, -0.15) is 0 Å². The van der Waals surface area contributed by atoms with Crippen molar-refractivity contribution in [2.45, 2.75) is 26.3 Å². The maximum absolute atomic E-state index is 13.6. The van der Waals surface area contributed by atoms with Crippen LogP contribution >= 0.6 is 39.9 Å². The van der Waals surface area contributed by atoms with Gasteiger partial charge >= 0.3 is 5.97 Å². The summed E-state index contributed by atoms with van der Waals surface area (Å²) in [5.41, 5.74) is 0.846. The third-order valence-electron chi connectivity index (χ3n) is 4.06. The second-order valence-corrected chi connectivity index (χ2v) is 6.52. The Balaban J connectivity index is 0.00000312. The normalized spacial score (nSPS) is 15.5. The van der Waals surface area contributed by atoms with Crippen LogP contribution in [0.4, 0.5) is 4.39 Å². The Bertz CT molecular complexity index is 608. The van der Waals surface area contributed by atoms with Crippen LogP contribution < -0.4 is 5.32 Å². The van der Waals surface area contributed by atoms with Crippen molar-refractivity contribution in [3.63, 3.8) is 0 Å². The molecule has 1 N–H and O–H groups in total. The first-order chi connectivity index (χ1) is 11.5. The molecule has 1 saturated heterocycles. The molecule has 25 heavy (non-hydrogen) atoms. The smallest absolute Gasteiger partial charge is 0.309 e. The molecule has 1 fully saturated rings. The Kier molecular flexibility index (Phi) is 9.70. The summed E-state index contributed by atoms with van der Waals surface area (Å²) in [5.74, 6) is 0.352. The average Bonchev–Trinajstić information content (AvgIpc) is 2.59. The Labute approximate surface area is 173 Å².